The number of pyridine rings is 1. The lowest BCUT2D eigenvalue weighted by Gasteiger charge is -2.15. The van der Waals surface area contributed by atoms with Crippen molar-refractivity contribution < 1.29 is 14.6 Å². The molecule has 1 N–H and O–H groups in total. The SMILES string of the molecule is CC(=O)Oc1cc2c(c(O)c1C)c(=O)c1ccccc1n2C. The summed E-state index contributed by atoms with van der Waals surface area (Å²) in [6, 6.07) is 8.80. The van der Waals surface area contributed by atoms with E-state index in [2.05, 4.69) is 0 Å². The third-order valence-corrected chi connectivity index (χ3v) is 3.84. The van der Waals surface area contributed by atoms with E-state index in [0.717, 1.165) is 5.52 Å². The number of aromatic hydroxyl groups is 1. The Bertz CT molecular complexity index is 986. The number of ether oxygens (including phenoxy) is 1. The molecule has 0 bridgehead atoms. The average molecular weight is 297 g/mol. The van der Waals surface area contributed by atoms with E-state index in [0.29, 0.717) is 16.5 Å². The second kappa shape index (κ2) is 4.87. The molecule has 0 aliphatic heterocycles. The van der Waals surface area contributed by atoms with Gasteiger partial charge in [-0.1, -0.05) is 12.1 Å². The highest BCUT2D eigenvalue weighted by atomic mass is 16.5. The predicted octanol–water partition coefficient (Wildman–Crippen LogP) is 2.63. The second-order valence-electron chi connectivity index (χ2n) is 5.24. The van der Waals surface area contributed by atoms with Crippen LogP contribution in [-0.2, 0) is 11.8 Å². The second-order valence-corrected chi connectivity index (χ2v) is 5.24. The van der Waals surface area contributed by atoms with E-state index >= 15 is 0 Å². The van der Waals surface area contributed by atoms with Gasteiger partial charge in [0.2, 0.25) is 5.43 Å². The predicted molar refractivity (Wildman–Crippen MR) is 84.4 cm³/mol. The topological polar surface area (TPSA) is 68.5 Å². The molecule has 3 aromatic rings. The first-order valence-corrected chi connectivity index (χ1v) is 6.84. The zero-order chi connectivity index (χ0) is 16.0. The molecule has 0 atom stereocenters. The molecule has 0 aliphatic carbocycles. The Hall–Kier alpha value is -2.82. The van der Waals surface area contributed by atoms with E-state index in [4.69, 9.17) is 4.74 Å². The lowest BCUT2D eigenvalue weighted by Crippen LogP contribution is -2.11. The Labute approximate surface area is 126 Å². The molecule has 0 radical (unpaired) electrons. The summed E-state index contributed by atoms with van der Waals surface area (Å²) in [6.07, 6.45) is 0. The van der Waals surface area contributed by atoms with Crippen LogP contribution in [0.2, 0.25) is 0 Å². The average Bonchev–Trinajstić information content (AvgIpc) is 2.49. The minimum atomic E-state index is -0.479. The van der Waals surface area contributed by atoms with Gasteiger partial charge in [-0.05, 0) is 19.1 Å². The smallest absolute Gasteiger partial charge is 0.308 e. The summed E-state index contributed by atoms with van der Waals surface area (Å²) in [5.41, 5.74) is 1.40. The van der Waals surface area contributed by atoms with E-state index in [-0.39, 0.29) is 22.3 Å². The third kappa shape index (κ3) is 1.94. The molecule has 0 spiro atoms. The number of hydrogen-bond acceptors (Lipinski definition) is 4. The third-order valence-electron chi connectivity index (χ3n) is 3.84. The van der Waals surface area contributed by atoms with Crippen LogP contribution in [0, 0.1) is 6.92 Å². The van der Waals surface area contributed by atoms with E-state index in [9.17, 15) is 14.7 Å². The number of carbonyl (C=O) groups is 1. The zero-order valence-electron chi connectivity index (χ0n) is 12.5. The van der Waals surface area contributed by atoms with Gasteiger partial charge in [-0.25, -0.2) is 0 Å². The molecular weight excluding hydrogens is 282 g/mol. The summed E-state index contributed by atoms with van der Waals surface area (Å²) in [4.78, 5) is 23.9. The standard InChI is InChI=1S/C17H15NO4/c1-9-14(22-10(2)19)8-13-15(16(9)20)17(21)11-6-4-5-7-12(11)18(13)3/h4-8,20H,1-3H3. The summed E-state index contributed by atoms with van der Waals surface area (Å²) in [5.74, 6) is -0.379. The Kier molecular flexibility index (Phi) is 3.13. The Morgan fingerprint density at radius 1 is 1.23 bits per heavy atom. The maximum absolute atomic E-state index is 12.7. The number of aryl methyl sites for hydroxylation is 1. The summed E-state index contributed by atoms with van der Waals surface area (Å²) >= 11 is 0. The lowest BCUT2D eigenvalue weighted by molar-refractivity contribution is -0.131. The van der Waals surface area contributed by atoms with Crippen LogP contribution >= 0.6 is 0 Å². The molecule has 0 unspecified atom stereocenters. The molecule has 0 aliphatic rings. The first kappa shape index (κ1) is 14.1. The normalized spacial score (nSPS) is 11.0. The van der Waals surface area contributed by atoms with Gasteiger partial charge in [0.05, 0.1) is 16.4 Å². The molecule has 0 amide bonds. The minimum absolute atomic E-state index is 0.153. The van der Waals surface area contributed by atoms with Gasteiger partial charge in [0.25, 0.3) is 0 Å². The first-order chi connectivity index (χ1) is 10.4. The molecular formula is C17H15NO4. The molecule has 0 saturated heterocycles. The number of hydrogen-bond donors (Lipinski definition) is 1. The monoisotopic (exact) mass is 297 g/mol. The maximum Gasteiger partial charge on any atom is 0.308 e. The number of phenols is 1. The maximum atomic E-state index is 12.7. The van der Waals surface area contributed by atoms with Crippen LogP contribution in [0.5, 0.6) is 11.5 Å². The molecule has 1 aromatic heterocycles. The molecule has 1 heterocycles. The zero-order valence-corrected chi connectivity index (χ0v) is 12.5. The van der Waals surface area contributed by atoms with Gasteiger partial charge in [0.15, 0.2) is 0 Å². The first-order valence-electron chi connectivity index (χ1n) is 6.84. The number of fused-ring (bicyclic) bond motifs is 2. The number of rotatable bonds is 1. The highest BCUT2D eigenvalue weighted by molar-refractivity contribution is 5.98. The van der Waals surface area contributed by atoms with Crippen LogP contribution in [0.25, 0.3) is 21.8 Å². The van der Waals surface area contributed by atoms with Crippen molar-refractivity contribution >= 4 is 27.8 Å². The number of para-hydroxylation sites is 1. The van der Waals surface area contributed by atoms with Crippen molar-refractivity contribution in [1.29, 1.82) is 0 Å². The molecule has 2 aromatic carbocycles. The molecule has 0 saturated carbocycles. The van der Waals surface area contributed by atoms with Gasteiger partial charge in [-0.2, -0.15) is 0 Å². The van der Waals surface area contributed by atoms with Crippen molar-refractivity contribution in [1.82, 2.24) is 4.57 Å². The van der Waals surface area contributed by atoms with Gasteiger partial charge in [-0.15, -0.1) is 0 Å². The highest BCUT2D eigenvalue weighted by Gasteiger charge is 2.18. The Morgan fingerprint density at radius 3 is 2.59 bits per heavy atom. The molecule has 112 valence electrons. The van der Waals surface area contributed by atoms with E-state index in [1.807, 2.05) is 12.1 Å². The molecule has 5 heteroatoms. The van der Waals surface area contributed by atoms with Gasteiger partial charge in [-0.3, -0.25) is 9.59 Å². The van der Waals surface area contributed by atoms with E-state index in [1.165, 1.54) is 6.92 Å². The van der Waals surface area contributed by atoms with Crippen molar-refractivity contribution in [3.63, 3.8) is 0 Å². The fraction of sp³-hybridized carbons (Fsp3) is 0.176. The van der Waals surface area contributed by atoms with Crippen molar-refractivity contribution in [3.05, 3.63) is 46.1 Å². The van der Waals surface area contributed by atoms with Gasteiger partial charge < -0.3 is 14.4 Å². The summed E-state index contributed by atoms with van der Waals surface area (Å²) in [7, 11) is 1.80. The van der Waals surface area contributed by atoms with Gasteiger partial charge >= 0.3 is 5.97 Å². The van der Waals surface area contributed by atoms with E-state index in [1.54, 1.807) is 36.7 Å². The lowest BCUT2D eigenvalue weighted by atomic mass is 10.0. The van der Waals surface area contributed by atoms with Crippen LogP contribution in [0.15, 0.2) is 35.1 Å². The fourth-order valence-corrected chi connectivity index (χ4v) is 2.70. The van der Waals surface area contributed by atoms with Crippen LogP contribution in [0.3, 0.4) is 0 Å². The van der Waals surface area contributed by atoms with Crippen LogP contribution in [-0.4, -0.2) is 15.6 Å². The Balaban J connectivity index is 2.54. The van der Waals surface area contributed by atoms with Crippen molar-refractivity contribution in [2.75, 3.05) is 0 Å². The van der Waals surface area contributed by atoms with Crippen LogP contribution in [0.4, 0.5) is 0 Å². The molecule has 3 rings (SSSR count). The van der Waals surface area contributed by atoms with Crippen molar-refractivity contribution in [3.8, 4) is 11.5 Å². The van der Waals surface area contributed by atoms with Crippen LogP contribution in [0.1, 0.15) is 12.5 Å². The highest BCUT2D eigenvalue weighted by Crippen LogP contribution is 2.35. The summed E-state index contributed by atoms with van der Waals surface area (Å²) < 4.78 is 6.93. The molecule has 0 fully saturated rings. The van der Waals surface area contributed by atoms with Gasteiger partial charge in [0.1, 0.15) is 11.5 Å². The summed E-state index contributed by atoms with van der Waals surface area (Å²) in [5, 5.41) is 11.2. The number of benzene rings is 2. The van der Waals surface area contributed by atoms with Crippen molar-refractivity contribution in [2.24, 2.45) is 7.05 Å². The van der Waals surface area contributed by atoms with Crippen molar-refractivity contribution in [2.45, 2.75) is 13.8 Å². The Morgan fingerprint density at radius 2 is 1.91 bits per heavy atom. The van der Waals surface area contributed by atoms with E-state index < -0.39 is 5.97 Å². The number of carbonyl (C=O) groups excluding carboxylic acids is 1. The minimum Gasteiger partial charge on any atom is -0.507 e. The molecule has 5 nitrogen and oxygen atoms in total. The van der Waals surface area contributed by atoms with Crippen LogP contribution < -0.4 is 10.2 Å². The number of aromatic nitrogens is 1. The quantitative estimate of drug-likeness (QED) is 0.426. The molecule has 22 heavy (non-hydrogen) atoms. The summed E-state index contributed by atoms with van der Waals surface area (Å²) in [6.45, 7) is 2.90. The van der Waals surface area contributed by atoms with Gasteiger partial charge in [0, 0.05) is 31.0 Å². The number of esters is 1. The number of nitrogens with zero attached hydrogens (tertiary/aromatic N) is 1. The number of phenolic OH excluding ortho intramolecular Hbond substituents is 1. The largest absolute Gasteiger partial charge is 0.507 e. The fourth-order valence-electron chi connectivity index (χ4n) is 2.70.